The first-order valence-corrected chi connectivity index (χ1v) is 8.72. The van der Waals surface area contributed by atoms with Gasteiger partial charge in [0.15, 0.2) is 0 Å². The minimum atomic E-state index is 0.449. The summed E-state index contributed by atoms with van der Waals surface area (Å²) in [4.78, 5) is 4.40. The maximum atomic E-state index is 6.21. The Bertz CT molecular complexity index is 987. The summed E-state index contributed by atoms with van der Waals surface area (Å²) < 4.78 is 6.89. The molecule has 0 fully saturated rings. The van der Waals surface area contributed by atoms with Crippen molar-refractivity contribution in [1.82, 2.24) is 30.3 Å². The van der Waals surface area contributed by atoms with Gasteiger partial charge in [0.05, 0.1) is 16.5 Å². The minimum Gasteiger partial charge on any atom is -0.338 e. The van der Waals surface area contributed by atoms with Crippen molar-refractivity contribution in [3.05, 3.63) is 65.5 Å². The molecule has 0 N–H and O–H groups in total. The molecular formula is C16H11ClN6OS. The van der Waals surface area contributed by atoms with E-state index in [0.29, 0.717) is 33.3 Å². The van der Waals surface area contributed by atoms with Crippen LogP contribution < -0.4 is 0 Å². The van der Waals surface area contributed by atoms with Gasteiger partial charge < -0.3 is 4.52 Å². The van der Waals surface area contributed by atoms with E-state index in [0.717, 1.165) is 5.56 Å². The number of hydrogen-bond donors (Lipinski definition) is 0. The van der Waals surface area contributed by atoms with Crippen molar-refractivity contribution in [2.45, 2.75) is 10.9 Å². The molecule has 2 aromatic heterocycles. The van der Waals surface area contributed by atoms with E-state index in [1.165, 1.54) is 11.8 Å². The van der Waals surface area contributed by atoms with Crippen molar-refractivity contribution in [3.63, 3.8) is 0 Å². The summed E-state index contributed by atoms with van der Waals surface area (Å²) in [5.41, 5.74) is 1.62. The van der Waals surface area contributed by atoms with E-state index in [2.05, 4.69) is 25.7 Å². The van der Waals surface area contributed by atoms with Crippen LogP contribution in [0.25, 0.3) is 17.1 Å². The van der Waals surface area contributed by atoms with Crippen LogP contribution in [0.1, 0.15) is 5.89 Å². The Labute approximate surface area is 152 Å². The van der Waals surface area contributed by atoms with Crippen LogP contribution in [0, 0.1) is 0 Å². The van der Waals surface area contributed by atoms with Crippen molar-refractivity contribution in [2.24, 2.45) is 0 Å². The Morgan fingerprint density at radius 2 is 1.84 bits per heavy atom. The summed E-state index contributed by atoms with van der Waals surface area (Å²) in [6.07, 6.45) is 0. The first kappa shape index (κ1) is 15.8. The number of para-hydroxylation sites is 1. The number of tetrazole rings is 1. The number of hydrogen-bond acceptors (Lipinski definition) is 7. The Kier molecular flexibility index (Phi) is 4.45. The van der Waals surface area contributed by atoms with Crippen LogP contribution in [-0.4, -0.2) is 30.3 Å². The molecular weight excluding hydrogens is 360 g/mol. The molecule has 0 radical (unpaired) electrons. The third-order valence-electron chi connectivity index (χ3n) is 3.35. The van der Waals surface area contributed by atoms with E-state index in [4.69, 9.17) is 16.1 Å². The van der Waals surface area contributed by atoms with Crippen molar-refractivity contribution >= 4 is 23.4 Å². The zero-order valence-electron chi connectivity index (χ0n) is 12.8. The van der Waals surface area contributed by atoms with Crippen LogP contribution in [0.15, 0.2) is 64.3 Å². The van der Waals surface area contributed by atoms with Gasteiger partial charge in [0.2, 0.25) is 16.9 Å². The quantitative estimate of drug-likeness (QED) is 0.496. The average molecular weight is 371 g/mol. The van der Waals surface area contributed by atoms with E-state index in [1.54, 1.807) is 10.7 Å². The van der Waals surface area contributed by atoms with Crippen molar-refractivity contribution in [2.75, 3.05) is 0 Å². The van der Waals surface area contributed by atoms with E-state index in [9.17, 15) is 0 Å². The molecule has 0 amide bonds. The molecule has 124 valence electrons. The Morgan fingerprint density at radius 3 is 2.68 bits per heavy atom. The van der Waals surface area contributed by atoms with Crippen LogP contribution in [0.2, 0.25) is 5.02 Å². The second-order valence-corrected chi connectivity index (χ2v) is 6.34. The smallest absolute Gasteiger partial charge is 0.237 e. The third-order valence-corrected chi connectivity index (χ3v) is 4.57. The van der Waals surface area contributed by atoms with Crippen molar-refractivity contribution in [3.8, 4) is 17.1 Å². The summed E-state index contributed by atoms with van der Waals surface area (Å²) in [6, 6.07) is 17.0. The lowest BCUT2D eigenvalue weighted by atomic mass is 10.2. The highest BCUT2D eigenvalue weighted by molar-refractivity contribution is 7.98. The lowest BCUT2D eigenvalue weighted by Gasteiger charge is -2.04. The van der Waals surface area contributed by atoms with Crippen molar-refractivity contribution in [1.29, 1.82) is 0 Å². The van der Waals surface area contributed by atoms with E-state index in [-0.39, 0.29) is 0 Å². The molecule has 2 aromatic carbocycles. The maximum Gasteiger partial charge on any atom is 0.237 e. The van der Waals surface area contributed by atoms with Gasteiger partial charge >= 0.3 is 0 Å². The van der Waals surface area contributed by atoms with Gasteiger partial charge in [0.25, 0.3) is 0 Å². The number of benzene rings is 2. The fraction of sp³-hybridized carbons (Fsp3) is 0.0625. The molecule has 7 nitrogen and oxygen atoms in total. The number of rotatable bonds is 5. The fourth-order valence-electron chi connectivity index (χ4n) is 2.19. The molecule has 0 unspecified atom stereocenters. The Hall–Kier alpha value is -2.71. The molecule has 25 heavy (non-hydrogen) atoms. The standard InChI is InChI=1S/C16H11ClN6OS/c17-12-8-4-5-9-13(12)23-16(19-21-22-23)25-10-14-18-15(20-24-14)11-6-2-1-3-7-11/h1-9H,10H2. The van der Waals surface area contributed by atoms with Gasteiger partial charge in [-0.2, -0.15) is 9.67 Å². The number of nitrogens with zero attached hydrogens (tertiary/aromatic N) is 6. The SMILES string of the molecule is Clc1ccccc1-n1nnnc1SCc1nc(-c2ccccc2)no1. The zero-order valence-corrected chi connectivity index (χ0v) is 14.4. The van der Waals surface area contributed by atoms with Gasteiger partial charge in [-0.05, 0) is 22.6 Å². The molecule has 0 saturated carbocycles. The largest absolute Gasteiger partial charge is 0.338 e. The average Bonchev–Trinajstić information content (AvgIpc) is 3.30. The minimum absolute atomic E-state index is 0.449. The van der Waals surface area contributed by atoms with Crippen LogP contribution in [0.5, 0.6) is 0 Å². The summed E-state index contributed by atoms with van der Waals surface area (Å²) >= 11 is 7.60. The summed E-state index contributed by atoms with van der Waals surface area (Å²) in [7, 11) is 0. The van der Waals surface area contributed by atoms with E-state index < -0.39 is 0 Å². The summed E-state index contributed by atoms with van der Waals surface area (Å²) in [5.74, 6) is 1.50. The van der Waals surface area contributed by atoms with Gasteiger partial charge in [-0.1, -0.05) is 71.0 Å². The molecule has 4 rings (SSSR count). The molecule has 0 aliphatic rings. The molecule has 2 heterocycles. The highest BCUT2D eigenvalue weighted by Crippen LogP contribution is 2.26. The number of aromatic nitrogens is 6. The maximum absolute atomic E-state index is 6.21. The second kappa shape index (κ2) is 7.04. The molecule has 4 aromatic rings. The molecule has 0 spiro atoms. The lowest BCUT2D eigenvalue weighted by Crippen LogP contribution is -1.99. The van der Waals surface area contributed by atoms with Gasteiger partial charge in [-0.25, -0.2) is 0 Å². The Balaban J connectivity index is 1.51. The first-order chi connectivity index (χ1) is 12.3. The van der Waals surface area contributed by atoms with Gasteiger partial charge in [0.1, 0.15) is 0 Å². The van der Waals surface area contributed by atoms with Gasteiger partial charge in [0, 0.05) is 5.56 Å². The molecule has 0 bridgehead atoms. The van der Waals surface area contributed by atoms with Crippen LogP contribution in [0.3, 0.4) is 0 Å². The summed E-state index contributed by atoms with van der Waals surface area (Å²) in [5, 5.41) is 16.9. The molecule has 0 aliphatic carbocycles. The van der Waals surface area contributed by atoms with Crippen LogP contribution in [-0.2, 0) is 5.75 Å². The van der Waals surface area contributed by atoms with Crippen molar-refractivity contribution < 1.29 is 4.52 Å². The molecule has 9 heteroatoms. The lowest BCUT2D eigenvalue weighted by molar-refractivity contribution is 0.391. The van der Waals surface area contributed by atoms with E-state index >= 15 is 0 Å². The first-order valence-electron chi connectivity index (χ1n) is 7.35. The molecule has 0 saturated heterocycles. The van der Waals surface area contributed by atoms with Crippen LogP contribution in [0.4, 0.5) is 0 Å². The highest BCUT2D eigenvalue weighted by Gasteiger charge is 2.14. The monoisotopic (exact) mass is 370 g/mol. The number of thioether (sulfide) groups is 1. The zero-order chi connectivity index (χ0) is 17.1. The molecule has 0 atom stereocenters. The topological polar surface area (TPSA) is 82.5 Å². The Morgan fingerprint density at radius 1 is 1.04 bits per heavy atom. The van der Waals surface area contributed by atoms with E-state index in [1.807, 2.05) is 48.5 Å². The summed E-state index contributed by atoms with van der Waals surface area (Å²) in [6.45, 7) is 0. The third kappa shape index (κ3) is 3.40. The molecule has 0 aliphatic heterocycles. The normalized spacial score (nSPS) is 10.9. The van der Waals surface area contributed by atoms with Gasteiger partial charge in [-0.3, -0.25) is 0 Å². The van der Waals surface area contributed by atoms with Gasteiger partial charge in [-0.15, -0.1) is 5.10 Å². The predicted octanol–water partition coefficient (Wildman–Crippen LogP) is 3.66. The van der Waals surface area contributed by atoms with Crippen LogP contribution >= 0.6 is 23.4 Å². The fourth-order valence-corrected chi connectivity index (χ4v) is 3.12. The predicted molar refractivity (Wildman–Crippen MR) is 93.5 cm³/mol. The second-order valence-electron chi connectivity index (χ2n) is 4.99. The number of halogens is 1. The highest BCUT2D eigenvalue weighted by atomic mass is 35.5.